The van der Waals surface area contributed by atoms with Crippen LogP contribution in [0.15, 0.2) is 24.8 Å². The third-order valence-electron chi connectivity index (χ3n) is 11.8. The second kappa shape index (κ2) is 11.5. The van der Waals surface area contributed by atoms with Crippen LogP contribution in [0.3, 0.4) is 0 Å². The van der Waals surface area contributed by atoms with Gasteiger partial charge in [0.2, 0.25) is 0 Å². The van der Waals surface area contributed by atoms with Crippen LogP contribution in [0, 0.1) is 39.9 Å². The molecule has 0 amide bonds. The van der Waals surface area contributed by atoms with Crippen molar-refractivity contribution in [2.45, 2.75) is 85.2 Å². The largest absolute Gasteiger partial charge is 0.491 e. The van der Waals surface area contributed by atoms with E-state index in [0.717, 1.165) is 24.0 Å². The molecule has 1 aromatic carbocycles. The molecular formula is C32H47BClNO7. The first kappa shape index (κ1) is 33.0. The van der Waals surface area contributed by atoms with Gasteiger partial charge in [0.05, 0.1) is 12.7 Å². The number of aliphatic hydroxyl groups is 1. The minimum Gasteiger partial charge on any atom is -0.478 e. The summed E-state index contributed by atoms with van der Waals surface area (Å²) < 4.78 is 12.0. The van der Waals surface area contributed by atoms with Crippen LogP contribution in [0.1, 0.15) is 70.9 Å². The van der Waals surface area contributed by atoms with Crippen molar-refractivity contribution in [1.82, 2.24) is 4.90 Å². The van der Waals surface area contributed by atoms with Crippen LogP contribution in [0.25, 0.3) is 0 Å². The van der Waals surface area contributed by atoms with Gasteiger partial charge in [-0.2, -0.15) is 0 Å². The number of ether oxygens (including phenoxy) is 1. The highest BCUT2D eigenvalue weighted by molar-refractivity contribution is 6.61. The molecule has 5 rings (SSSR count). The van der Waals surface area contributed by atoms with Crippen LogP contribution in [-0.2, 0) is 27.4 Å². The molecule has 0 aromatic heterocycles. The number of carboxylic acid groups (broad SMARTS) is 1. The Morgan fingerprint density at radius 1 is 1.29 bits per heavy atom. The fraction of sp³-hybridized carbons (Fsp3) is 0.688. The molecule has 3 fully saturated rings. The lowest BCUT2D eigenvalue weighted by Crippen LogP contribution is -2.63. The molecule has 0 radical (unpaired) electrons. The summed E-state index contributed by atoms with van der Waals surface area (Å²) in [6.45, 7) is 13.2. The number of aliphatic hydroxyl groups excluding tert-OH is 1. The highest BCUT2D eigenvalue weighted by Gasteiger charge is 2.69. The van der Waals surface area contributed by atoms with E-state index < -0.39 is 47.5 Å². The third-order valence-corrected chi connectivity index (χ3v) is 11.8. The average Bonchev–Trinajstić information content (AvgIpc) is 3.47. The Morgan fingerprint density at radius 2 is 1.98 bits per heavy atom. The maximum atomic E-state index is 13.8. The van der Waals surface area contributed by atoms with Crippen molar-refractivity contribution in [3.05, 3.63) is 35.9 Å². The van der Waals surface area contributed by atoms with Crippen LogP contribution in [-0.4, -0.2) is 65.3 Å². The van der Waals surface area contributed by atoms with Gasteiger partial charge in [-0.25, -0.2) is 4.79 Å². The van der Waals surface area contributed by atoms with Gasteiger partial charge in [-0.05, 0) is 91.2 Å². The van der Waals surface area contributed by atoms with E-state index in [0.29, 0.717) is 37.0 Å². The molecular weight excluding hydrogens is 557 g/mol. The quantitative estimate of drug-likeness (QED) is 0.318. The first-order valence-electron chi connectivity index (χ1n) is 15.0. The van der Waals surface area contributed by atoms with E-state index in [1.807, 2.05) is 32.0 Å². The molecule has 1 heterocycles. The lowest BCUT2D eigenvalue weighted by atomic mass is 9.41. The van der Waals surface area contributed by atoms with E-state index in [9.17, 15) is 24.8 Å². The third kappa shape index (κ3) is 4.93. The molecule has 4 aliphatic rings. The summed E-state index contributed by atoms with van der Waals surface area (Å²) in [4.78, 5) is 29.0. The maximum Gasteiger partial charge on any atom is 0.491 e. The predicted octanol–water partition coefficient (Wildman–Crippen LogP) is 3.83. The van der Waals surface area contributed by atoms with Crippen LogP contribution >= 0.6 is 12.4 Å². The van der Waals surface area contributed by atoms with Gasteiger partial charge in [0.15, 0.2) is 6.10 Å². The lowest BCUT2D eigenvalue weighted by molar-refractivity contribution is -0.193. The van der Waals surface area contributed by atoms with Gasteiger partial charge in [0.25, 0.3) is 0 Å². The topological polar surface area (TPSA) is 117 Å². The molecule has 9 atom stereocenters. The van der Waals surface area contributed by atoms with Crippen molar-refractivity contribution in [1.29, 1.82) is 0 Å². The van der Waals surface area contributed by atoms with Crippen molar-refractivity contribution in [3.8, 4) is 5.75 Å². The Labute approximate surface area is 256 Å². The summed E-state index contributed by atoms with van der Waals surface area (Å²) in [5, 5.41) is 33.2. The lowest BCUT2D eigenvalue weighted by Gasteiger charge is -2.63. The van der Waals surface area contributed by atoms with Crippen LogP contribution in [0.2, 0.25) is 0 Å². The summed E-state index contributed by atoms with van der Waals surface area (Å²) in [6.07, 6.45) is 2.91. The first-order valence-corrected chi connectivity index (χ1v) is 15.0. The van der Waals surface area contributed by atoms with Gasteiger partial charge in [0.1, 0.15) is 11.5 Å². The number of carbonyl (C=O) groups is 2. The number of carboxylic acids is 1. The zero-order valence-corrected chi connectivity index (χ0v) is 26.6. The van der Waals surface area contributed by atoms with Gasteiger partial charge in [0, 0.05) is 30.2 Å². The van der Waals surface area contributed by atoms with Crippen LogP contribution in [0.5, 0.6) is 5.75 Å². The summed E-state index contributed by atoms with van der Waals surface area (Å²) in [7, 11) is 2.78. The van der Waals surface area contributed by atoms with Crippen LogP contribution in [0.4, 0.5) is 0 Å². The summed E-state index contributed by atoms with van der Waals surface area (Å²) in [5.41, 5.74) is 0.548. The van der Waals surface area contributed by atoms with E-state index in [1.165, 1.54) is 0 Å². The highest BCUT2D eigenvalue weighted by Crippen LogP contribution is 2.69. The highest BCUT2D eigenvalue weighted by atomic mass is 35.5. The number of ketones is 1. The van der Waals surface area contributed by atoms with Gasteiger partial charge in [-0.15, -0.1) is 19.0 Å². The fourth-order valence-corrected chi connectivity index (χ4v) is 9.29. The number of fused-ring (bicyclic) bond motifs is 1. The number of halogens is 1. The van der Waals surface area contributed by atoms with Crippen molar-refractivity contribution < 1.29 is 34.2 Å². The molecule has 3 saturated carbocycles. The van der Waals surface area contributed by atoms with E-state index >= 15 is 0 Å². The second-order valence-corrected chi connectivity index (χ2v) is 14.1. The van der Waals surface area contributed by atoms with E-state index in [-0.39, 0.29) is 42.6 Å². The summed E-state index contributed by atoms with van der Waals surface area (Å²) in [6, 6.07) is 3.53. The van der Waals surface area contributed by atoms with Crippen molar-refractivity contribution in [3.63, 3.8) is 0 Å². The number of benzene rings is 1. The predicted molar refractivity (Wildman–Crippen MR) is 164 cm³/mol. The van der Waals surface area contributed by atoms with Crippen molar-refractivity contribution in [2.75, 3.05) is 14.1 Å². The van der Waals surface area contributed by atoms with Crippen molar-refractivity contribution >= 4 is 36.7 Å². The molecule has 10 heteroatoms. The Morgan fingerprint density at radius 3 is 2.60 bits per heavy atom. The molecule has 8 nitrogen and oxygen atoms in total. The normalized spacial score (nSPS) is 38.2. The Balaban J connectivity index is 0.00000405. The molecule has 1 aliphatic heterocycles. The maximum absolute atomic E-state index is 13.8. The number of carbonyl (C=O) groups excluding carboxylic acids is 1. The van der Waals surface area contributed by atoms with E-state index in [4.69, 9.17) is 9.39 Å². The van der Waals surface area contributed by atoms with E-state index in [2.05, 4.69) is 27.4 Å². The fourth-order valence-electron chi connectivity index (χ4n) is 9.29. The zero-order chi connectivity index (χ0) is 30.1. The Hall–Kier alpha value is -1.91. The zero-order valence-electron chi connectivity index (χ0n) is 25.8. The van der Waals surface area contributed by atoms with E-state index in [1.54, 1.807) is 12.1 Å². The van der Waals surface area contributed by atoms with Gasteiger partial charge in [-0.1, -0.05) is 33.8 Å². The summed E-state index contributed by atoms with van der Waals surface area (Å²) in [5.74, 6) is -1.57. The Kier molecular flexibility index (Phi) is 9.07. The molecule has 0 spiro atoms. The summed E-state index contributed by atoms with van der Waals surface area (Å²) >= 11 is 0. The van der Waals surface area contributed by atoms with Crippen molar-refractivity contribution in [2.24, 2.45) is 39.9 Å². The smallest absolute Gasteiger partial charge is 0.478 e. The molecule has 42 heavy (non-hydrogen) atoms. The number of rotatable bonds is 7. The van der Waals surface area contributed by atoms with Gasteiger partial charge in [-0.3, -0.25) is 4.79 Å². The minimum atomic E-state index is -1.28. The average molecular weight is 604 g/mol. The minimum absolute atomic E-state index is 0. The molecule has 1 unspecified atom stereocenters. The SMILES string of the molecule is C=C[C@]1(C)C[C@@H](C(Oc2cc(CN(C)C)c3c(c2)B(O)OC3)C(=O)O)[C@@]2(C)[C@H](C)CC[C@]3(CCC(=O)[C@H]32)[C@@H](C)[C@@H]1O.Cl. The number of hydrogen-bond acceptors (Lipinski definition) is 7. The molecule has 0 saturated heterocycles. The first-order chi connectivity index (χ1) is 19.2. The monoisotopic (exact) mass is 603 g/mol. The number of aliphatic carboxylic acids is 1. The number of Topliss-reactive ketones (excluding diaryl/α,β-unsaturated/α-hetero) is 1. The van der Waals surface area contributed by atoms with Crippen LogP contribution < -0.4 is 10.2 Å². The molecule has 3 N–H and O–H groups in total. The standard InChI is InChI=1S/C32H46BNO7.ClH/c1-8-30(4)15-23(31(5)18(2)9-11-32(19(3)28(30)36)12-10-25(35)27(31)32)26(29(37)38)41-21-13-20(16-34(6)7)22-17-40-33(39)24(22)14-21;/h8,13-14,18-19,23,26-28,36,39H,1,9-12,15-17H2,2-7H3,(H,37,38);1H/t18-,19+,23+,26?,27+,28+,30-,31-,32+;/m1./s1. The second-order valence-electron chi connectivity index (χ2n) is 14.1. The number of nitrogens with zero attached hydrogens (tertiary/aromatic N) is 1. The molecule has 3 aliphatic carbocycles. The Bertz CT molecular complexity index is 1240. The molecule has 1 aromatic rings. The van der Waals surface area contributed by atoms with Gasteiger partial charge < -0.3 is 29.5 Å². The number of hydrogen-bond donors (Lipinski definition) is 3. The molecule has 232 valence electrons. The van der Waals surface area contributed by atoms with Gasteiger partial charge >= 0.3 is 13.1 Å². The molecule has 2 bridgehead atoms.